The minimum Gasteiger partial charge on any atom is -0.393 e. The zero-order valence-corrected chi connectivity index (χ0v) is 12.1. The number of hydrogen-bond donors (Lipinski definition) is 1. The molecule has 0 aliphatic carbocycles. The van der Waals surface area contributed by atoms with Crippen LogP contribution in [0.25, 0.3) is 0 Å². The third-order valence-electron chi connectivity index (χ3n) is 2.85. The van der Waals surface area contributed by atoms with Gasteiger partial charge in [-0.25, -0.2) is 0 Å². The molecule has 1 rings (SSSR count). The number of nitrogens with zero attached hydrogens (tertiary/aromatic N) is 1. The molecule has 5 heteroatoms. The summed E-state index contributed by atoms with van der Waals surface area (Å²) in [6.45, 7) is 1.92. The van der Waals surface area contributed by atoms with Gasteiger partial charge in [0.05, 0.1) is 11.4 Å². The molecule has 1 atom stereocenters. The minimum absolute atomic E-state index is 0.00233. The Hall–Kier alpha value is -1.13. The third-order valence-corrected chi connectivity index (χ3v) is 3.39. The van der Waals surface area contributed by atoms with Gasteiger partial charge in [0, 0.05) is 24.5 Å². The van der Waals surface area contributed by atoms with Crippen molar-refractivity contribution in [3.8, 4) is 0 Å². The van der Waals surface area contributed by atoms with Crippen molar-refractivity contribution in [3.05, 3.63) is 34.9 Å². The summed E-state index contributed by atoms with van der Waals surface area (Å²) in [7, 11) is 1.75. The number of nitrogens with two attached hydrogens (primary N) is 1. The van der Waals surface area contributed by atoms with Crippen LogP contribution in [0.4, 0.5) is 0 Å². The molecule has 0 saturated carbocycles. The van der Waals surface area contributed by atoms with Crippen LogP contribution in [0.3, 0.4) is 0 Å². The number of rotatable bonds is 5. The van der Waals surface area contributed by atoms with Crippen molar-refractivity contribution < 1.29 is 4.79 Å². The fourth-order valence-corrected chi connectivity index (χ4v) is 2.05. The van der Waals surface area contributed by atoms with Gasteiger partial charge in [-0.15, -0.1) is 0 Å². The van der Waals surface area contributed by atoms with E-state index in [9.17, 15) is 4.79 Å². The number of halogens is 1. The van der Waals surface area contributed by atoms with Crippen LogP contribution >= 0.6 is 23.8 Å². The molecule has 0 aliphatic heterocycles. The van der Waals surface area contributed by atoms with Crippen molar-refractivity contribution >= 4 is 34.7 Å². The van der Waals surface area contributed by atoms with E-state index < -0.39 is 0 Å². The molecule has 1 unspecified atom stereocenters. The second kappa shape index (κ2) is 6.71. The highest BCUT2D eigenvalue weighted by molar-refractivity contribution is 7.80. The molecule has 1 aromatic carbocycles. The smallest absolute Gasteiger partial charge is 0.227 e. The van der Waals surface area contributed by atoms with Gasteiger partial charge in [-0.3, -0.25) is 4.79 Å². The largest absolute Gasteiger partial charge is 0.393 e. The molecule has 0 aromatic heterocycles. The quantitative estimate of drug-likeness (QED) is 0.845. The average molecular weight is 285 g/mol. The first-order valence-electron chi connectivity index (χ1n) is 5.69. The van der Waals surface area contributed by atoms with Gasteiger partial charge in [0.15, 0.2) is 0 Å². The summed E-state index contributed by atoms with van der Waals surface area (Å²) in [5, 5.41) is 0.612. The summed E-state index contributed by atoms with van der Waals surface area (Å²) >= 11 is 10.9. The first-order chi connectivity index (χ1) is 8.41. The second-order valence-corrected chi connectivity index (χ2v) is 5.22. The summed E-state index contributed by atoms with van der Waals surface area (Å²) in [6, 6.07) is 7.34. The molecule has 18 heavy (non-hydrogen) atoms. The summed E-state index contributed by atoms with van der Waals surface area (Å²) in [5.41, 5.74) is 6.31. The second-order valence-electron chi connectivity index (χ2n) is 4.29. The zero-order chi connectivity index (χ0) is 13.7. The van der Waals surface area contributed by atoms with E-state index >= 15 is 0 Å². The number of hydrogen-bond acceptors (Lipinski definition) is 2. The van der Waals surface area contributed by atoms with Crippen LogP contribution < -0.4 is 5.73 Å². The summed E-state index contributed by atoms with van der Waals surface area (Å²) in [4.78, 5) is 14.1. The van der Waals surface area contributed by atoms with Gasteiger partial charge in [0.25, 0.3) is 0 Å². The van der Waals surface area contributed by atoms with E-state index in [1.807, 2.05) is 25.1 Å². The van der Waals surface area contributed by atoms with Crippen LogP contribution in [0, 0.1) is 0 Å². The van der Waals surface area contributed by atoms with Gasteiger partial charge >= 0.3 is 0 Å². The molecule has 0 bridgehead atoms. The Bertz CT molecular complexity index is 450. The van der Waals surface area contributed by atoms with Crippen LogP contribution in [-0.2, 0) is 11.2 Å². The van der Waals surface area contributed by atoms with Gasteiger partial charge in [0.1, 0.15) is 0 Å². The maximum Gasteiger partial charge on any atom is 0.227 e. The lowest BCUT2D eigenvalue weighted by molar-refractivity contribution is -0.130. The number of thiocarbonyl (C=S) groups is 1. The van der Waals surface area contributed by atoms with E-state index in [0.29, 0.717) is 16.4 Å². The predicted molar refractivity (Wildman–Crippen MR) is 78.8 cm³/mol. The third kappa shape index (κ3) is 4.27. The van der Waals surface area contributed by atoms with E-state index in [-0.39, 0.29) is 18.4 Å². The topological polar surface area (TPSA) is 46.3 Å². The van der Waals surface area contributed by atoms with Crippen molar-refractivity contribution in [1.82, 2.24) is 4.90 Å². The lowest BCUT2D eigenvalue weighted by atomic mass is 10.1. The first kappa shape index (κ1) is 14.9. The van der Waals surface area contributed by atoms with Gasteiger partial charge in [-0.05, 0) is 18.6 Å². The maximum atomic E-state index is 12.1. The van der Waals surface area contributed by atoms with E-state index in [1.165, 1.54) is 0 Å². The molecule has 0 aliphatic rings. The van der Waals surface area contributed by atoms with Crippen molar-refractivity contribution in [2.24, 2.45) is 5.73 Å². The Morgan fingerprint density at radius 3 is 2.67 bits per heavy atom. The highest BCUT2D eigenvalue weighted by Crippen LogP contribution is 2.16. The number of likely N-dealkylation sites (N-methyl/N-ethyl adjacent to an activating group) is 1. The molecule has 0 saturated heterocycles. The van der Waals surface area contributed by atoms with Gasteiger partial charge in [0.2, 0.25) is 5.91 Å². The van der Waals surface area contributed by atoms with Crippen LogP contribution in [0.15, 0.2) is 24.3 Å². The Balaban J connectivity index is 2.65. The molecular formula is C13H17ClN2OS. The van der Waals surface area contributed by atoms with Gasteiger partial charge in [-0.2, -0.15) is 0 Å². The fourth-order valence-electron chi connectivity index (χ4n) is 1.60. The van der Waals surface area contributed by atoms with Crippen LogP contribution in [-0.4, -0.2) is 28.9 Å². The maximum absolute atomic E-state index is 12.1. The fraction of sp³-hybridized carbons (Fsp3) is 0.385. The highest BCUT2D eigenvalue weighted by atomic mass is 35.5. The van der Waals surface area contributed by atoms with Crippen LogP contribution in [0.2, 0.25) is 5.02 Å². The molecule has 98 valence electrons. The normalized spacial score (nSPS) is 11.9. The highest BCUT2D eigenvalue weighted by Gasteiger charge is 2.17. The molecule has 0 radical (unpaired) electrons. The van der Waals surface area contributed by atoms with Gasteiger partial charge in [-0.1, -0.05) is 42.0 Å². The summed E-state index contributed by atoms with van der Waals surface area (Å²) in [5.74, 6) is 0.00634. The van der Waals surface area contributed by atoms with Crippen molar-refractivity contribution in [2.75, 3.05) is 7.05 Å². The molecule has 0 fully saturated rings. The molecule has 0 spiro atoms. The summed E-state index contributed by atoms with van der Waals surface area (Å²) in [6.07, 6.45) is 0.817. The molecule has 2 N–H and O–H groups in total. The molecule has 1 amide bonds. The van der Waals surface area contributed by atoms with E-state index in [0.717, 1.165) is 5.56 Å². The Morgan fingerprint density at radius 1 is 1.50 bits per heavy atom. The molecule has 3 nitrogen and oxygen atoms in total. The van der Waals surface area contributed by atoms with E-state index in [2.05, 4.69) is 0 Å². The van der Waals surface area contributed by atoms with Gasteiger partial charge < -0.3 is 10.6 Å². The SMILES string of the molecule is CC(CC(N)=S)N(C)C(=O)Cc1ccccc1Cl. The van der Waals surface area contributed by atoms with Crippen LogP contribution in [0.1, 0.15) is 18.9 Å². The number of carbonyl (C=O) groups is 1. The van der Waals surface area contributed by atoms with Crippen LogP contribution in [0.5, 0.6) is 0 Å². The number of amides is 1. The van der Waals surface area contributed by atoms with Crippen molar-refractivity contribution in [2.45, 2.75) is 25.8 Å². The lowest BCUT2D eigenvalue weighted by Crippen LogP contribution is -2.38. The Kier molecular flexibility index (Phi) is 5.56. The standard InChI is InChI=1S/C13H17ClN2OS/c1-9(7-12(15)18)16(2)13(17)8-10-5-3-4-6-11(10)14/h3-6,9H,7-8H2,1-2H3,(H2,15,18). The lowest BCUT2D eigenvalue weighted by Gasteiger charge is -2.24. The molecule has 1 aromatic rings. The average Bonchev–Trinajstić information content (AvgIpc) is 2.30. The predicted octanol–water partition coefficient (Wildman–Crippen LogP) is 2.41. The van der Waals surface area contributed by atoms with E-state index in [4.69, 9.17) is 29.6 Å². The minimum atomic E-state index is -0.00233. The molecular weight excluding hydrogens is 268 g/mol. The van der Waals surface area contributed by atoms with Crippen molar-refractivity contribution in [3.63, 3.8) is 0 Å². The monoisotopic (exact) mass is 284 g/mol. The van der Waals surface area contributed by atoms with Crippen molar-refractivity contribution in [1.29, 1.82) is 0 Å². The summed E-state index contributed by atoms with van der Waals surface area (Å²) < 4.78 is 0. The Labute approximate surface area is 118 Å². The first-order valence-corrected chi connectivity index (χ1v) is 6.47. The Morgan fingerprint density at radius 2 is 2.11 bits per heavy atom. The number of benzene rings is 1. The molecule has 0 heterocycles. The number of carbonyl (C=O) groups excluding carboxylic acids is 1. The zero-order valence-electron chi connectivity index (χ0n) is 10.5. The van der Waals surface area contributed by atoms with E-state index in [1.54, 1.807) is 18.0 Å².